The molecule has 0 fully saturated rings. The van der Waals surface area contributed by atoms with Crippen LogP contribution in [0.3, 0.4) is 0 Å². The zero-order chi connectivity index (χ0) is 29.2. The molecule has 0 spiro atoms. The van der Waals surface area contributed by atoms with Crippen LogP contribution in [0.1, 0.15) is 42.0 Å². The second kappa shape index (κ2) is 13.8. The average Bonchev–Trinajstić information content (AvgIpc) is 2.99. The van der Waals surface area contributed by atoms with E-state index in [-0.39, 0.29) is 10.6 Å². The van der Waals surface area contributed by atoms with Gasteiger partial charge < -0.3 is 9.47 Å². The van der Waals surface area contributed by atoms with Gasteiger partial charge in [0.05, 0.1) is 17.7 Å². The van der Waals surface area contributed by atoms with Crippen molar-refractivity contribution in [2.45, 2.75) is 44.6 Å². The fourth-order valence-electron chi connectivity index (χ4n) is 4.26. The second-order valence-electron chi connectivity index (χ2n) is 9.71. The van der Waals surface area contributed by atoms with Gasteiger partial charge in [-0.3, -0.25) is 4.79 Å². The van der Waals surface area contributed by atoms with Crippen LogP contribution in [0, 0.1) is 6.92 Å². The number of amides is 1. The third-order valence-corrected chi connectivity index (χ3v) is 8.33. The summed E-state index contributed by atoms with van der Waals surface area (Å²) in [6, 6.07) is 28.7. The van der Waals surface area contributed by atoms with E-state index >= 15 is 0 Å². The fourth-order valence-corrected chi connectivity index (χ4v) is 5.64. The van der Waals surface area contributed by atoms with Gasteiger partial charge >= 0.3 is 0 Å². The summed E-state index contributed by atoms with van der Waals surface area (Å²) in [6.07, 6.45) is 5.81. The number of sulfonamides is 1. The van der Waals surface area contributed by atoms with Crippen molar-refractivity contribution in [3.63, 3.8) is 0 Å². The fraction of sp³-hybridized carbons (Fsp3) is 0.206. The van der Waals surface area contributed by atoms with Crippen LogP contribution in [0.2, 0.25) is 0 Å². The van der Waals surface area contributed by atoms with Gasteiger partial charge in [0.15, 0.2) is 11.5 Å². The lowest BCUT2D eigenvalue weighted by molar-refractivity contribution is -0.113. The van der Waals surface area contributed by atoms with Crippen molar-refractivity contribution in [1.29, 1.82) is 0 Å². The Balaban J connectivity index is 1.60. The lowest BCUT2D eigenvalue weighted by Crippen LogP contribution is -2.35. The first kappa shape index (κ1) is 29.6. The van der Waals surface area contributed by atoms with E-state index in [2.05, 4.69) is 6.92 Å². The first-order chi connectivity index (χ1) is 19.8. The van der Waals surface area contributed by atoms with E-state index in [9.17, 15) is 13.2 Å². The molecule has 0 unspecified atom stereocenters. The van der Waals surface area contributed by atoms with E-state index in [4.69, 9.17) is 9.47 Å². The summed E-state index contributed by atoms with van der Waals surface area (Å²) >= 11 is 0. The van der Waals surface area contributed by atoms with Gasteiger partial charge in [0.2, 0.25) is 0 Å². The smallest absolute Gasteiger partial charge is 0.271 e. The molecule has 4 aromatic rings. The van der Waals surface area contributed by atoms with Crippen molar-refractivity contribution in [1.82, 2.24) is 0 Å². The molecule has 0 aliphatic heterocycles. The molecule has 41 heavy (non-hydrogen) atoms. The molecular weight excluding hydrogens is 534 g/mol. The molecule has 4 aromatic carbocycles. The molecule has 0 saturated carbocycles. The Bertz CT molecular complexity index is 1580. The predicted molar refractivity (Wildman–Crippen MR) is 164 cm³/mol. The number of benzene rings is 4. The molecule has 0 saturated heterocycles. The maximum Gasteiger partial charge on any atom is 0.271 e. The van der Waals surface area contributed by atoms with Gasteiger partial charge in [-0.1, -0.05) is 79.6 Å². The van der Waals surface area contributed by atoms with Gasteiger partial charge in [-0.15, -0.1) is 0 Å². The van der Waals surface area contributed by atoms with Gasteiger partial charge in [-0.25, -0.2) is 8.42 Å². The van der Waals surface area contributed by atoms with Crippen LogP contribution in [0.4, 0.5) is 5.69 Å². The van der Waals surface area contributed by atoms with Crippen LogP contribution in [0.15, 0.2) is 108 Å². The minimum absolute atomic E-state index is 0.0431. The predicted octanol–water partition coefficient (Wildman–Crippen LogP) is 7.36. The average molecular weight is 570 g/mol. The third kappa shape index (κ3) is 7.64. The number of ether oxygens (including phenoxy) is 2. The molecule has 1 amide bonds. The molecule has 0 N–H and O–H groups in total. The lowest BCUT2D eigenvalue weighted by Gasteiger charge is -2.22. The number of hydrogen-bond acceptors (Lipinski definition) is 5. The summed E-state index contributed by atoms with van der Waals surface area (Å²) in [4.78, 5) is 13.6. The molecule has 0 aliphatic rings. The van der Waals surface area contributed by atoms with Crippen molar-refractivity contribution in [3.05, 3.63) is 125 Å². The van der Waals surface area contributed by atoms with Gasteiger partial charge in [0, 0.05) is 6.08 Å². The van der Waals surface area contributed by atoms with Crippen molar-refractivity contribution < 1.29 is 22.7 Å². The van der Waals surface area contributed by atoms with Crippen molar-refractivity contribution in [2.75, 3.05) is 11.4 Å². The molecule has 0 atom stereocenters. The standard InChI is InChI=1S/C34H35NO5S/c1-4-5-9-27-14-18-30(19-15-27)35(41(37,38)31-20-12-26(2)13-21-31)34(36)23-17-28-16-22-32(33(24-28)39-3)40-25-29-10-7-6-8-11-29/h6-8,10-24H,4-5,9,25H2,1-3H3/b23-17+. The van der Waals surface area contributed by atoms with E-state index in [1.54, 1.807) is 55.7 Å². The van der Waals surface area contributed by atoms with Gasteiger partial charge in [-0.05, 0) is 78.9 Å². The van der Waals surface area contributed by atoms with Crippen LogP contribution < -0.4 is 13.8 Å². The molecule has 0 radical (unpaired) electrons. The number of rotatable bonds is 12. The Kier molecular flexibility index (Phi) is 9.98. The summed E-state index contributed by atoms with van der Waals surface area (Å²) in [5.41, 5.74) is 3.98. The van der Waals surface area contributed by atoms with Crippen LogP contribution in [0.5, 0.6) is 11.5 Å². The van der Waals surface area contributed by atoms with E-state index in [0.29, 0.717) is 23.7 Å². The molecular formula is C34H35NO5S. The summed E-state index contributed by atoms with van der Waals surface area (Å²) in [5, 5.41) is 0. The minimum Gasteiger partial charge on any atom is -0.493 e. The van der Waals surface area contributed by atoms with Gasteiger partial charge in [-0.2, -0.15) is 4.31 Å². The van der Waals surface area contributed by atoms with Crippen molar-refractivity contribution in [3.8, 4) is 11.5 Å². The Labute approximate surface area is 242 Å². The minimum atomic E-state index is -4.17. The summed E-state index contributed by atoms with van der Waals surface area (Å²) in [6.45, 7) is 4.38. The molecule has 0 heterocycles. The molecule has 7 heteroatoms. The molecule has 6 nitrogen and oxygen atoms in total. The van der Waals surface area contributed by atoms with E-state index < -0.39 is 15.9 Å². The van der Waals surface area contributed by atoms with Crippen LogP contribution in [-0.2, 0) is 27.8 Å². The lowest BCUT2D eigenvalue weighted by atomic mass is 10.1. The first-order valence-corrected chi connectivity index (χ1v) is 15.0. The highest BCUT2D eigenvalue weighted by Crippen LogP contribution is 2.30. The van der Waals surface area contributed by atoms with Gasteiger partial charge in [0.1, 0.15) is 6.61 Å². The largest absolute Gasteiger partial charge is 0.493 e. The number of carbonyl (C=O) groups excluding carboxylic acids is 1. The molecule has 0 aliphatic carbocycles. The molecule has 212 valence electrons. The van der Waals surface area contributed by atoms with Crippen LogP contribution in [-0.4, -0.2) is 21.4 Å². The summed E-state index contributed by atoms with van der Waals surface area (Å²) in [5.74, 6) is 0.379. The summed E-state index contributed by atoms with van der Waals surface area (Å²) in [7, 11) is -2.62. The quantitative estimate of drug-likeness (QED) is 0.167. The maximum absolute atomic E-state index is 13.7. The highest BCUT2D eigenvalue weighted by atomic mass is 32.2. The second-order valence-corrected chi connectivity index (χ2v) is 11.5. The third-order valence-electron chi connectivity index (χ3n) is 6.59. The van der Waals surface area contributed by atoms with E-state index in [1.807, 2.05) is 49.4 Å². The topological polar surface area (TPSA) is 72.9 Å². The Morgan fingerprint density at radius 3 is 2.22 bits per heavy atom. The Morgan fingerprint density at radius 2 is 1.56 bits per heavy atom. The molecule has 0 aromatic heterocycles. The SMILES string of the molecule is CCCCc1ccc(N(C(=O)/C=C/c2ccc(OCc3ccccc3)c(OC)c2)S(=O)(=O)c2ccc(C)cc2)cc1. The number of nitrogens with zero attached hydrogens (tertiary/aromatic N) is 1. The Morgan fingerprint density at radius 1 is 0.854 bits per heavy atom. The zero-order valence-corrected chi connectivity index (χ0v) is 24.4. The number of anilines is 1. The van der Waals surface area contributed by atoms with Gasteiger partial charge in [0.25, 0.3) is 15.9 Å². The normalized spacial score (nSPS) is 11.4. The zero-order valence-electron chi connectivity index (χ0n) is 23.6. The number of hydrogen-bond donors (Lipinski definition) is 0. The van der Waals surface area contributed by atoms with Crippen molar-refractivity contribution >= 4 is 27.7 Å². The molecule has 0 bridgehead atoms. The number of unbranched alkanes of at least 4 members (excludes halogenated alkanes) is 1. The Hall–Kier alpha value is -4.36. The number of carbonyl (C=O) groups is 1. The van der Waals surface area contributed by atoms with E-state index in [1.165, 1.54) is 18.2 Å². The number of methoxy groups -OCH3 is 1. The monoisotopic (exact) mass is 569 g/mol. The van der Waals surface area contributed by atoms with Crippen LogP contribution in [0.25, 0.3) is 6.08 Å². The maximum atomic E-state index is 13.7. The van der Waals surface area contributed by atoms with E-state index in [0.717, 1.165) is 40.3 Å². The number of aryl methyl sites for hydroxylation is 2. The highest BCUT2D eigenvalue weighted by Gasteiger charge is 2.29. The first-order valence-electron chi connectivity index (χ1n) is 13.6. The summed E-state index contributed by atoms with van der Waals surface area (Å²) < 4.78 is 39.7. The van der Waals surface area contributed by atoms with Crippen molar-refractivity contribution in [2.24, 2.45) is 0 Å². The van der Waals surface area contributed by atoms with Crippen LogP contribution >= 0.6 is 0 Å². The highest BCUT2D eigenvalue weighted by molar-refractivity contribution is 7.93. The molecule has 4 rings (SSSR count).